The first-order valence-corrected chi connectivity index (χ1v) is 6.87. The third-order valence-corrected chi connectivity index (χ3v) is 3.87. The van der Waals surface area contributed by atoms with E-state index in [0.717, 1.165) is 31.2 Å². The van der Waals surface area contributed by atoms with Crippen molar-refractivity contribution >= 4 is 18.3 Å². The summed E-state index contributed by atoms with van der Waals surface area (Å²) >= 11 is 0. The molecule has 1 atom stereocenters. The fraction of sp³-hybridized carbons (Fsp3) is 0.533. The Morgan fingerprint density at radius 2 is 1.80 bits per heavy atom. The van der Waals surface area contributed by atoms with Crippen molar-refractivity contribution in [3.63, 3.8) is 0 Å². The predicted octanol–water partition coefficient (Wildman–Crippen LogP) is 2.94. The van der Waals surface area contributed by atoms with E-state index in [0.29, 0.717) is 0 Å². The molecule has 0 radical (unpaired) electrons. The van der Waals surface area contributed by atoms with Crippen LogP contribution in [0.2, 0.25) is 0 Å². The molecule has 20 heavy (non-hydrogen) atoms. The second kappa shape index (κ2) is 7.60. The number of nitrogens with one attached hydrogen (secondary N) is 1. The fourth-order valence-electron chi connectivity index (χ4n) is 2.55. The van der Waals surface area contributed by atoms with Crippen LogP contribution < -0.4 is 11.1 Å². The Labute approximate surface area is 125 Å². The number of carbonyl (C=O) groups is 1. The van der Waals surface area contributed by atoms with Crippen LogP contribution in [0.1, 0.15) is 44.2 Å². The average Bonchev–Trinajstić information content (AvgIpc) is 2.40. The molecule has 1 amide bonds. The number of rotatable bonds is 3. The summed E-state index contributed by atoms with van der Waals surface area (Å²) in [5.74, 6) is -0.102. The van der Waals surface area contributed by atoms with E-state index in [1.54, 1.807) is 12.1 Å². The van der Waals surface area contributed by atoms with Gasteiger partial charge in [0.05, 0.1) is 6.04 Å². The van der Waals surface area contributed by atoms with Crippen LogP contribution in [0.5, 0.6) is 0 Å². The van der Waals surface area contributed by atoms with Crippen LogP contribution in [0.3, 0.4) is 0 Å². The number of nitrogens with two attached hydrogens (primary N) is 1. The van der Waals surface area contributed by atoms with Gasteiger partial charge in [0.1, 0.15) is 5.82 Å². The lowest BCUT2D eigenvalue weighted by Gasteiger charge is -2.26. The van der Waals surface area contributed by atoms with E-state index in [2.05, 4.69) is 5.32 Å². The van der Waals surface area contributed by atoms with Crippen LogP contribution in [0.25, 0.3) is 0 Å². The van der Waals surface area contributed by atoms with E-state index in [4.69, 9.17) is 5.73 Å². The predicted molar refractivity (Wildman–Crippen MR) is 80.1 cm³/mol. The minimum absolute atomic E-state index is 0. The molecule has 1 saturated carbocycles. The third-order valence-electron chi connectivity index (χ3n) is 3.87. The summed E-state index contributed by atoms with van der Waals surface area (Å²) in [4.78, 5) is 12.1. The van der Waals surface area contributed by atoms with Gasteiger partial charge >= 0.3 is 0 Å². The van der Waals surface area contributed by atoms with E-state index in [1.807, 2.05) is 6.92 Å². The highest BCUT2D eigenvalue weighted by atomic mass is 35.5. The Morgan fingerprint density at radius 3 is 2.35 bits per heavy atom. The van der Waals surface area contributed by atoms with Crippen molar-refractivity contribution in [1.29, 1.82) is 0 Å². The van der Waals surface area contributed by atoms with Gasteiger partial charge in [-0.05, 0) is 50.3 Å². The molecule has 0 spiro atoms. The first-order valence-electron chi connectivity index (χ1n) is 6.87. The zero-order chi connectivity index (χ0) is 13.8. The summed E-state index contributed by atoms with van der Waals surface area (Å²) in [5.41, 5.74) is 6.76. The minimum atomic E-state index is -0.261. The summed E-state index contributed by atoms with van der Waals surface area (Å²) in [5, 5.41) is 3.00. The molecule has 3 nitrogen and oxygen atoms in total. The molecule has 1 aromatic rings. The largest absolute Gasteiger partial charge is 0.349 e. The van der Waals surface area contributed by atoms with Crippen LogP contribution in [0, 0.1) is 11.7 Å². The van der Waals surface area contributed by atoms with Crippen molar-refractivity contribution in [3.8, 4) is 0 Å². The van der Waals surface area contributed by atoms with Gasteiger partial charge in [0, 0.05) is 12.0 Å². The first kappa shape index (κ1) is 16.9. The number of amides is 1. The van der Waals surface area contributed by atoms with Crippen molar-refractivity contribution in [2.24, 2.45) is 11.7 Å². The van der Waals surface area contributed by atoms with Crippen LogP contribution >= 0.6 is 12.4 Å². The number of hydrogen-bond acceptors (Lipinski definition) is 2. The Hall–Kier alpha value is -1.13. The lowest BCUT2D eigenvalue weighted by Crippen LogP contribution is -2.37. The monoisotopic (exact) mass is 300 g/mol. The van der Waals surface area contributed by atoms with Gasteiger partial charge in [0.15, 0.2) is 0 Å². The van der Waals surface area contributed by atoms with Crippen molar-refractivity contribution < 1.29 is 9.18 Å². The third kappa shape index (κ3) is 4.46. The Morgan fingerprint density at radius 1 is 1.25 bits per heavy atom. The maximum Gasteiger partial charge on any atom is 0.223 e. The Balaban J connectivity index is 0.00000200. The molecule has 3 N–H and O–H groups in total. The van der Waals surface area contributed by atoms with Gasteiger partial charge in [0.25, 0.3) is 0 Å². The van der Waals surface area contributed by atoms with E-state index < -0.39 is 0 Å². The number of halogens is 2. The van der Waals surface area contributed by atoms with Crippen molar-refractivity contribution in [2.45, 2.75) is 44.7 Å². The fourth-order valence-corrected chi connectivity index (χ4v) is 2.55. The quantitative estimate of drug-likeness (QED) is 0.902. The zero-order valence-corrected chi connectivity index (χ0v) is 12.5. The minimum Gasteiger partial charge on any atom is -0.349 e. The van der Waals surface area contributed by atoms with Gasteiger partial charge in [0.2, 0.25) is 5.91 Å². The van der Waals surface area contributed by atoms with Gasteiger partial charge in [-0.3, -0.25) is 4.79 Å². The number of hydrogen-bond donors (Lipinski definition) is 2. The number of benzene rings is 1. The summed E-state index contributed by atoms with van der Waals surface area (Å²) in [6, 6.07) is 6.39. The highest BCUT2D eigenvalue weighted by Gasteiger charge is 2.25. The lowest BCUT2D eigenvalue weighted by molar-refractivity contribution is -0.126. The molecule has 0 unspecified atom stereocenters. The molecular weight excluding hydrogens is 279 g/mol. The molecule has 0 heterocycles. The van der Waals surface area contributed by atoms with Gasteiger partial charge in [-0.15, -0.1) is 12.4 Å². The van der Waals surface area contributed by atoms with E-state index >= 15 is 0 Å². The SMILES string of the molecule is C[C@@H](NC(=O)[C@H]1CC[C@H](N)CC1)c1ccc(F)cc1.Cl. The second-order valence-electron chi connectivity index (χ2n) is 5.39. The molecule has 1 fully saturated rings. The lowest BCUT2D eigenvalue weighted by atomic mass is 9.85. The van der Waals surface area contributed by atoms with Crippen molar-refractivity contribution in [1.82, 2.24) is 5.32 Å². The summed E-state index contributed by atoms with van der Waals surface area (Å²) in [7, 11) is 0. The molecule has 0 bridgehead atoms. The summed E-state index contributed by atoms with van der Waals surface area (Å²) < 4.78 is 12.8. The van der Waals surface area contributed by atoms with Crippen molar-refractivity contribution in [2.75, 3.05) is 0 Å². The highest BCUT2D eigenvalue weighted by Crippen LogP contribution is 2.24. The van der Waals surface area contributed by atoms with Crippen LogP contribution in [-0.4, -0.2) is 11.9 Å². The Bertz CT molecular complexity index is 430. The molecule has 1 aliphatic rings. The second-order valence-corrected chi connectivity index (χ2v) is 5.39. The van der Waals surface area contributed by atoms with Crippen LogP contribution in [0.4, 0.5) is 4.39 Å². The molecule has 0 aliphatic heterocycles. The van der Waals surface area contributed by atoms with Gasteiger partial charge in [-0.1, -0.05) is 12.1 Å². The van der Waals surface area contributed by atoms with Gasteiger partial charge in [-0.2, -0.15) is 0 Å². The normalized spacial score (nSPS) is 23.6. The van der Waals surface area contributed by atoms with Gasteiger partial charge in [-0.25, -0.2) is 4.39 Å². The topological polar surface area (TPSA) is 55.1 Å². The molecule has 5 heteroatoms. The number of carbonyl (C=O) groups excluding carboxylic acids is 1. The maximum atomic E-state index is 12.8. The molecule has 1 aliphatic carbocycles. The summed E-state index contributed by atoms with van der Waals surface area (Å²) in [6.45, 7) is 1.92. The summed E-state index contributed by atoms with van der Waals surface area (Å²) in [6.07, 6.45) is 3.57. The molecule has 1 aromatic carbocycles. The Kier molecular flexibility index (Phi) is 6.43. The van der Waals surface area contributed by atoms with E-state index in [-0.39, 0.29) is 42.1 Å². The molecule has 0 saturated heterocycles. The van der Waals surface area contributed by atoms with Crippen molar-refractivity contribution in [3.05, 3.63) is 35.6 Å². The standard InChI is InChI=1S/C15H21FN2O.ClH/c1-10(11-2-6-13(16)7-3-11)18-15(19)12-4-8-14(17)9-5-12;/h2-3,6-7,10,12,14H,4-5,8-9,17H2,1H3,(H,18,19);1H/t10-,12-,14-;/m1./s1. The van der Waals surface area contributed by atoms with E-state index in [9.17, 15) is 9.18 Å². The van der Waals surface area contributed by atoms with Gasteiger partial charge < -0.3 is 11.1 Å². The smallest absolute Gasteiger partial charge is 0.223 e. The maximum absolute atomic E-state index is 12.8. The molecule has 0 aromatic heterocycles. The molecule has 2 rings (SSSR count). The molecule has 112 valence electrons. The molecular formula is C15H22ClFN2O. The van der Waals surface area contributed by atoms with Crippen LogP contribution in [0.15, 0.2) is 24.3 Å². The van der Waals surface area contributed by atoms with Crippen LogP contribution in [-0.2, 0) is 4.79 Å². The van der Waals surface area contributed by atoms with E-state index in [1.165, 1.54) is 12.1 Å². The average molecular weight is 301 g/mol. The first-order chi connectivity index (χ1) is 9.06. The zero-order valence-electron chi connectivity index (χ0n) is 11.6. The highest BCUT2D eigenvalue weighted by molar-refractivity contribution is 5.85.